The van der Waals surface area contributed by atoms with Gasteiger partial charge in [-0.25, -0.2) is 9.67 Å². The normalized spacial score (nSPS) is 23.1. The molecule has 2 amide bonds. The fourth-order valence-corrected chi connectivity index (χ4v) is 2.70. The van der Waals surface area contributed by atoms with Crippen molar-refractivity contribution < 1.29 is 9.59 Å². The maximum Gasteiger partial charge on any atom is 0.245 e. The highest BCUT2D eigenvalue weighted by molar-refractivity contribution is 5.96. The van der Waals surface area contributed by atoms with Gasteiger partial charge in [-0.1, -0.05) is 13.8 Å². The van der Waals surface area contributed by atoms with Crippen LogP contribution >= 0.6 is 0 Å². The van der Waals surface area contributed by atoms with Gasteiger partial charge in [-0.2, -0.15) is 5.10 Å². The van der Waals surface area contributed by atoms with E-state index in [9.17, 15) is 9.59 Å². The zero-order valence-electron chi connectivity index (χ0n) is 13.2. The van der Waals surface area contributed by atoms with E-state index in [1.807, 2.05) is 27.7 Å². The molecule has 7 nitrogen and oxygen atoms in total. The van der Waals surface area contributed by atoms with Crippen LogP contribution in [-0.2, 0) is 16.1 Å². The molecule has 2 rings (SSSR count). The first kappa shape index (κ1) is 15.5. The average Bonchev–Trinajstić information content (AvgIpc) is 2.83. The molecule has 21 heavy (non-hydrogen) atoms. The molecule has 0 aromatic carbocycles. The van der Waals surface area contributed by atoms with Crippen molar-refractivity contribution in [3.05, 3.63) is 12.2 Å². The lowest BCUT2D eigenvalue weighted by Gasteiger charge is -2.39. The minimum absolute atomic E-state index is 0.0388. The minimum Gasteiger partial charge on any atom is -0.343 e. The summed E-state index contributed by atoms with van der Waals surface area (Å²) in [5, 5.41) is 6.92. The fourth-order valence-electron chi connectivity index (χ4n) is 2.70. The highest BCUT2D eigenvalue weighted by Gasteiger charge is 2.40. The summed E-state index contributed by atoms with van der Waals surface area (Å²) in [7, 11) is 0. The van der Waals surface area contributed by atoms with Crippen LogP contribution in [0, 0.1) is 5.92 Å². The van der Waals surface area contributed by atoms with Gasteiger partial charge in [-0.05, 0) is 26.7 Å². The predicted molar refractivity (Wildman–Crippen MR) is 77.2 cm³/mol. The van der Waals surface area contributed by atoms with Crippen LogP contribution in [-0.4, -0.2) is 43.6 Å². The van der Waals surface area contributed by atoms with E-state index < -0.39 is 12.1 Å². The Bertz CT molecular complexity index is 537. The number of amides is 2. The van der Waals surface area contributed by atoms with Gasteiger partial charge in [0.25, 0.3) is 0 Å². The molecule has 1 aliphatic heterocycles. The number of nitrogens with zero attached hydrogens (tertiary/aromatic N) is 4. The molecule has 2 heterocycles. The second kappa shape index (κ2) is 5.83. The highest BCUT2D eigenvalue weighted by atomic mass is 16.2. The maximum atomic E-state index is 12.4. The largest absolute Gasteiger partial charge is 0.343 e. The van der Waals surface area contributed by atoms with E-state index in [1.54, 1.807) is 16.5 Å². The summed E-state index contributed by atoms with van der Waals surface area (Å²) < 4.78 is 1.78. The summed E-state index contributed by atoms with van der Waals surface area (Å²) in [5.41, 5.74) is 0. The number of piperazine rings is 1. The number of carbonyl (C=O) groups excluding carboxylic acids is 2. The third-order valence-electron chi connectivity index (χ3n) is 3.70. The standard InChI is InChI=1S/C14H23N5O2/c1-8(2)12-13(20)17-10(5)14(21)18(12)6-11-15-7-16-19(11)9(3)4/h7-10,12H,6H2,1-5H3,(H,17,20). The Hall–Kier alpha value is -1.92. The Kier molecular flexibility index (Phi) is 4.29. The van der Waals surface area contributed by atoms with Crippen molar-refractivity contribution >= 4 is 11.8 Å². The number of nitrogens with one attached hydrogen (secondary N) is 1. The summed E-state index contributed by atoms with van der Waals surface area (Å²) >= 11 is 0. The van der Waals surface area contributed by atoms with E-state index in [2.05, 4.69) is 15.4 Å². The van der Waals surface area contributed by atoms with Crippen LogP contribution in [0.2, 0.25) is 0 Å². The van der Waals surface area contributed by atoms with Crippen molar-refractivity contribution in [2.75, 3.05) is 0 Å². The first-order valence-electron chi connectivity index (χ1n) is 7.32. The van der Waals surface area contributed by atoms with E-state index in [-0.39, 0.29) is 23.8 Å². The Balaban J connectivity index is 2.31. The molecule has 1 aromatic rings. The Labute approximate surface area is 124 Å². The van der Waals surface area contributed by atoms with Gasteiger partial charge in [0.2, 0.25) is 11.8 Å². The molecule has 7 heteroatoms. The minimum atomic E-state index is -0.497. The van der Waals surface area contributed by atoms with Gasteiger partial charge in [0.1, 0.15) is 24.2 Å². The van der Waals surface area contributed by atoms with Gasteiger partial charge in [0, 0.05) is 6.04 Å². The van der Waals surface area contributed by atoms with Gasteiger partial charge >= 0.3 is 0 Å². The van der Waals surface area contributed by atoms with E-state index in [0.29, 0.717) is 12.4 Å². The number of carbonyl (C=O) groups is 2. The Morgan fingerprint density at radius 2 is 1.95 bits per heavy atom. The van der Waals surface area contributed by atoms with Crippen LogP contribution in [0.25, 0.3) is 0 Å². The molecule has 0 aliphatic carbocycles. The Morgan fingerprint density at radius 3 is 2.52 bits per heavy atom. The van der Waals surface area contributed by atoms with Crippen LogP contribution in [0.1, 0.15) is 46.5 Å². The first-order chi connectivity index (χ1) is 9.82. The van der Waals surface area contributed by atoms with Crippen LogP contribution in [0.4, 0.5) is 0 Å². The topological polar surface area (TPSA) is 80.1 Å². The van der Waals surface area contributed by atoms with Crippen LogP contribution < -0.4 is 5.32 Å². The molecular weight excluding hydrogens is 270 g/mol. The van der Waals surface area contributed by atoms with Gasteiger partial charge in [0.15, 0.2) is 0 Å². The van der Waals surface area contributed by atoms with Gasteiger partial charge in [-0.15, -0.1) is 0 Å². The van der Waals surface area contributed by atoms with Crippen LogP contribution in [0.15, 0.2) is 6.33 Å². The SMILES string of the molecule is CC1NC(=O)C(C(C)C)N(Cc2ncnn2C(C)C)C1=O. The molecule has 0 saturated carbocycles. The van der Waals surface area contributed by atoms with Gasteiger partial charge < -0.3 is 10.2 Å². The Morgan fingerprint density at radius 1 is 1.29 bits per heavy atom. The molecule has 0 spiro atoms. The molecule has 0 bridgehead atoms. The molecule has 1 fully saturated rings. The fraction of sp³-hybridized carbons (Fsp3) is 0.714. The van der Waals surface area contributed by atoms with E-state index in [0.717, 1.165) is 0 Å². The zero-order chi connectivity index (χ0) is 15.7. The van der Waals surface area contributed by atoms with Crippen LogP contribution in [0.3, 0.4) is 0 Å². The van der Waals surface area contributed by atoms with Crippen molar-refractivity contribution in [2.45, 2.75) is 59.3 Å². The molecule has 116 valence electrons. The van der Waals surface area contributed by atoms with Crippen molar-refractivity contribution in [3.8, 4) is 0 Å². The predicted octanol–water partition coefficient (Wildman–Crippen LogP) is 0.730. The molecule has 0 radical (unpaired) electrons. The molecule has 1 aromatic heterocycles. The average molecular weight is 293 g/mol. The lowest BCUT2D eigenvalue weighted by Crippen LogP contribution is -2.63. The number of hydrogen-bond donors (Lipinski definition) is 1. The summed E-state index contributed by atoms with van der Waals surface area (Å²) in [6.07, 6.45) is 1.48. The van der Waals surface area contributed by atoms with Gasteiger partial charge in [0.05, 0.1) is 6.54 Å². The van der Waals surface area contributed by atoms with Crippen molar-refractivity contribution in [1.29, 1.82) is 0 Å². The van der Waals surface area contributed by atoms with E-state index in [1.165, 1.54) is 6.33 Å². The molecule has 1 N–H and O–H groups in total. The third kappa shape index (κ3) is 2.91. The monoisotopic (exact) mass is 293 g/mol. The third-order valence-corrected chi connectivity index (χ3v) is 3.70. The highest BCUT2D eigenvalue weighted by Crippen LogP contribution is 2.20. The van der Waals surface area contributed by atoms with Crippen molar-refractivity contribution in [2.24, 2.45) is 5.92 Å². The molecule has 1 aliphatic rings. The summed E-state index contributed by atoms with van der Waals surface area (Å²) in [5.74, 6) is 0.557. The smallest absolute Gasteiger partial charge is 0.245 e. The van der Waals surface area contributed by atoms with E-state index in [4.69, 9.17) is 0 Å². The molecule has 2 unspecified atom stereocenters. The second-order valence-electron chi connectivity index (χ2n) is 6.10. The molecule has 2 atom stereocenters. The summed E-state index contributed by atoms with van der Waals surface area (Å²) in [6, 6.07) is -0.805. The lowest BCUT2D eigenvalue weighted by atomic mass is 9.97. The second-order valence-corrected chi connectivity index (χ2v) is 6.10. The maximum absolute atomic E-state index is 12.4. The summed E-state index contributed by atoms with van der Waals surface area (Å²) in [6.45, 7) is 9.90. The van der Waals surface area contributed by atoms with Crippen molar-refractivity contribution in [1.82, 2.24) is 25.0 Å². The lowest BCUT2D eigenvalue weighted by molar-refractivity contribution is -0.151. The van der Waals surface area contributed by atoms with E-state index >= 15 is 0 Å². The molecule has 1 saturated heterocycles. The van der Waals surface area contributed by atoms with Crippen LogP contribution in [0.5, 0.6) is 0 Å². The number of hydrogen-bond acceptors (Lipinski definition) is 4. The van der Waals surface area contributed by atoms with Crippen molar-refractivity contribution in [3.63, 3.8) is 0 Å². The zero-order valence-corrected chi connectivity index (χ0v) is 13.2. The molecular formula is C14H23N5O2. The first-order valence-corrected chi connectivity index (χ1v) is 7.32. The number of rotatable bonds is 4. The summed E-state index contributed by atoms with van der Waals surface area (Å²) in [4.78, 5) is 30.5. The van der Waals surface area contributed by atoms with Gasteiger partial charge in [-0.3, -0.25) is 9.59 Å². The quantitative estimate of drug-likeness (QED) is 0.887. The number of aromatic nitrogens is 3.